The molecule has 1 aliphatic carbocycles. The number of hydrogen-bond donors (Lipinski definition) is 0. The van der Waals surface area contributed by atoms with Crippen molar-refractivity contribution in [2.24, 2.45) is 5.92 Å². The molecule has 0 N–H and O–H groups in total. The van der Waals surface area contributed by atoms with Crippen molar-refractivity contribution in [3.8, 4) is 0 Å². The summed E-state index contributed by atoms with van der Waals surface area (Å²) in [6, 6.07) is 0.191. The standard InChI is InChI=1S/C17H29NO4/c1-3-4-9-18(14-7-5-6-8-15(14)21-2)16(19)10-13-11-17(20)22-12-13/h13-15H,3-12H2,1-2H3/t13-,14+,15+/m0/s1. The summed E-state index contributed by atoms with van der Waals surface area (Å²) in [7, 11) is 1.74. The molecular weight excluding hydrogens is 282 g/mol. The highest BCUT2D eigenvalue weighted by atomic mass is 16.5. The molecule has 2 rings (SSSR count). The number of carbonyl (C=O) groups excluding carboxylic acids is 2. The van der Waals surface area contributed by atoms with Crippen LogP contribution in [0.2, 0.25) is 0 Å². The van der Waals surface area contributed by atoms with E-state index >= 15 is 0 Å². The van der Waals surface area contributed by atoms with Crippen molar-refractivity contribution in [3.05, 3.63) is 0 Å². The molecule has 5 heteroatoms. The lowest BCUT2D eigenvalue weighted by molar-refractivity contribution is -0.139. The maximum Gasteiger partial charge on any atom is 0.306 e. The smallest absolute Gasteiger partial charge is 0.306 e. The summed E-state index contributed by atoms with van der Waals surface area (Å²) in [5.74, 6) is 0.0322. The zero-order valence-electron chi connectivity index (χ0n) is 13.9. The van der Waals surface area contributed by atoms with E-state index in [0.717, 1.165) is 38.6 Å². The van der Waals surface area contributed by atoms with Crippen molar-refractivity contribution in [2.45, 2.75) is 70.4 Å². The van der Waals surface area contributed by atoms with Crippen molar-refractivity contribution >= 4 is 11.9 Å². The fourth-order valence-corrected chi connectivity index (χ4v) is 3.57. The molecule has 126 valence electrons. The minimum Gasteiger partial charge on any atom is -0.465 e. The van der Waals surface area contributed by atoms with Crippen LogP contribution in [0.1, 0.15) is 58.3 Å². The van der Waals surface area contributed by atoms with Crippen molar-refractivity contribution in [1.82, 2.24) is 4.90 Å². The van der Waals surface area contributed by atoms with Crippen LogP contribution < -0.4 is 0 Å². The van der Waals surface area contributed by atoms with Crippen LogP contribution in [0, 0.1) is 5.92 Å². The molecule has 2 fully saturated rings. The van der Waals surface area contributed by atoms with E-state index in [1.165, 1.54) is 6.42 Å². The molecule has 1 saturated carbocycles. The van der Waals surface area contributed by atoms with E-state index < -0.39 is 0 Å². The number of ether oxygens (including phenoxy) is 2. The van der Waals surface area contributed by atoms with Crippen LogP contribution in [-0.4, -0.2) is 49.2 Å². The lowest BCUT2D eigenvalue weighted by atomic mass is 9.90. The average Bonchev–Trinajstić information content (AvgIpc) is 2.93. The van der Waals surface area contributed by atoms with E-state index in [2.05, 4.69) is 6.92 Å². The SMILES string of the molecule is CCCCN(C(=O)C[C@@H]1COC(=O)C1)[C@@H]1CCCC[C@H]1OC. The molecule has 0 aromatic carbocycles. The number of nitrogens with zero attached hydrogens (tertiary/aromatic N) is 1. The van der Waals surface area contributed by atoms with E-state index in [9.17, 15) is 9.59 Å². The summed E-state index contributed by atoms with van der Waals surface area (Å²) < 4.78 is 10.6. The first-order chi connectivity index (χ1) is 10.7. The number of rotatable bonds is 7. The van der Waals surface area contributed by atoms with Gasteiger partial charge in [-0.05, 0) is 19.3 Å². The Balaban J connectivity index is 2.00. The summed E-state index contributed by atoms with van der Waals surface area (Å²) >= 11 is 0. The molecule has 0 unspecified atom stereocenters. The van der Waals surface area contributed by atoms with Gasteiger partial charge in [-0.25, -0.2) is 0 Å². The number of unbranched alkanes of at least 4 members (excludes halogenated alkanes) is 1. The van der Waals surface area contributed by atoms with Gasteiger partial charge in [0.2, 0.25) is 5.91 Å². The molecule has 0 spiro atoms. The van der Waals surface area contributed by atoms with E-state index in [1.54, 1.807) is 7.11 Å². The number of cyclic esters (lactones) is 1. The summed E-state index contributed by atoms with van der Waals surface area (Å²) in [5.41, 5.74) is 0. The van der Waals surface area contributed by atoms with Crippen LogP contribution in [-0.2, 0) is 19.1 Å². The van der Waals surface area contributed by atoms with Crippen LogP contribution in [0.4, 0.5) is 0 Å². The number of methoxy groups -OCH3 is 1. The third kappa shape index (κ3) is 4.45. The first-order valence-corrected chi connectivity index (χ1v) is 8.63. The number of hydrogen-bond acceptors (Lipinski definition) is 4. The van der Waals surface area contributed by atoms with Crippen LogP contribution >= 0.6 is 0 Å². The summed E-state index contributed by atoms with van der Waals surface area (Å²) in [5, 5.41) is 0. The third-order valence-corrected chi connectivity index (χ3v) is 4.84. The Labute approximate surface area is 133 Å². The monoisotopic (exact) mass is 311 g/mol. The van der Waals surface area contributed by atoms with Crippen molar-refractivity contribution in [2.75, 3.05) is 20.3 Å². The van der Waals surface area contributed by atoms with Gasteiger partial charge >= 0.3 is 5.97 Å². The molecule has 0 aromatic heterocycles. The lowest BCUT2D eigenvalue weighted by Gasteiger charge is -2.39. The van der Waals surface area contributed by atoms with Gasteiger partial charge in [0.25, 0.3) is 0 Å². The Hall–Kier alpha value is -1.10. The number of esters is 1. The maximum atomic E-state index is 12.8. The lowest BCUT2D eigenvalue weighted by Crippen LogP contribution is -2.50. The zero-order chi connectivity index (χ0) is 15.9. The van der Waals surface area contributed by atoms with Crippen molar-refractivity contribution in [3.63, 3.8) is 0 Å². The summed E-state index contributed by atoms with van der Waals surface area (Å²) in [4.78, 5) is 26.0. The van der Waals surface area contributed by atoms with E-state index in [4.69, 9.17) is 9.47 Å². The van der Waals surface area contributed by atoms with Crippen LogP contribution in [0.15, 0.2) is 0 Å². The second kappa shape index (κ2) is 8.51. The van der Waals surface area contributed by atoms with Gasteiger partial charge in [-0.3, -0.25) is 9.59 Å². The van der Waals surface area contributed by atoms with Crippen LogP contribution in [0.5, 0.6) is 0 Å². The molecule has 2 aliphatic rings. The Morgan fingerprint density at radius 1 is 1.36 bits per heavy atom. The van der Waals surface area contributed by atoms with Gasteiger partial charge in [-0.1, -0.05) is 26.2 Å². The zero-order valence-corrected chi connectivity index (χ0v) is 13.9. The summed E-state index contributed by atoms with van der Waals surface area (Å²) in [6.07, 6.45) is 7.42. The second-order valence-electron chi connectivity index (χ2n) is 6.52. The third-order valence-electron chi connectivity index (χ3n) is 4.84. The fraction of sp³-hybridized carbons (Fsp3) is 0.882. The van der Waals surface area contributed by atoms with Crippen molar-refractivity contribution < 1.29 is 19.1 Å². The van der Waals surface area contributed by atoms with Crippen LogP contribution in [0.25, 0.3) is 0 Å². The fourth-order valence-electron chi connectivity index (χ4n) is 3.57. The van der Waals surface area contributed by atoms with Gasteiger partial charge in [-0.2, -0.15) is 0 Å². The minimum atomic E-state index is -0.176. The second-order valence-corrected chi connectivity index (χ2v) is 6.52. The normalized spacial score (nSPS) is 28.5. The predicted octanol–water partition coefficient (Wildman–Crippen LogP) is 2.53. The van der Waals surface area contributed by atoms with E-state index in [0.29, 0.717) is 19.4 Å². The highest BCUT2D eigenvalue weighted by Crippen LogP contribution is 2.28. The van der Waals surface area contributed by atoms with Crippen LogP contribution in [0.3, 0.4) is 0 Å². The molecule has 3 atom stereocenters. The highest BCUT2D eigenvalue weighted by molar-refractivity contribution is 5.79. The molecule has 1 saturated heterocycles. The predicted molar refractivity (Wildman–Crippen MR) is 83.4 cm³/mol. The molecule has 1 aliphatic heterocycles. The maximum absolute atomic E-state index is 12.8. The van der Waals surface area contributed by atoms with Gasteiger partial charge in [-0.15, -0.1) is 0 Å². The Morgan fingerprint density at radius 3 is 2.77 bits per heavy atom. The Kier molecular flexibility index (Phi) is 6.68. The van der Waals surface area contributed by atoms with Gasteiger partial charge in [0.1, 0.15) is 0 Å². The summed E-state index contributed by atoms with van der Waals surface area (Å²) in [6.45, 7) is 3.33. The number of amides is 1. The van der Waals surface area contributed by atoms with E-state index in [1.807, 2.05) is 4.90 Å². The van der Waals surface area contributed by atoms with E-state index in [-0.39, 0.29) is 29.9 Å². The Bertz CT molecular complexity index is 385. The molecule has 5 nitrogen and oxygen atoms in total. The molecule has 1 heterocycles. The molecule has 0 bridgehead atoms. The van der Waals surface area contributed by atoms with Gasteiger partial charge in [0.05, 0.1) is 25.2 Å². The average molecular weight is 311 g/mol. The quantitative estimate of drug-likeness (QED) is 0.678. The molecular formula is C17H29NO4. The van der Waals surface area contributed by atoms with Gasteiger partial charge in [0.15, 0.2) is 0 Å². The minimum absolute atomic E-state index is 0.0497. The molecule has 0 aromatic rings. The largest absolute Gasteiger partial charge is 0.465 e. The topological polar surface area (TPSA) is 55.8 Å². The van der Waals surface area contributed by atoms with Gasteiger partial charge < -0.3 is 14.4 Å². The first kappa shape index (κ1) is 17.3. The van der Waals surface area contributed by atoms with Crippen molar-refractivity contribution in [1.29, 1.82) is 0 Å². The molecule has 1 amide bonds. The van der Waals surface area contributed by atoms with Gasteiger partial charge in [0, 0.05) is 26.0 Å². The molecule has 22 heavy (non-hydrogen) atoms. The Morgan fingerprint density at radius 2 is 2.14 bits per heavy atom. The first-order valence-electron chi connectivity index (χ1n) is 8.63. The number of carbonyl (C=O) groups is 2. The molecule has 0 radical (unpaired) electrons. The highest BCUT2D eigenvalue weighted by Gasteiger charge is 2.35.